The fraction of sp³-hybridized carbons (Fsp3) is 0.476. The molecule has 0 bridgehead atoms. The number of benzene rings is 2. The van der Waals surface area contributed by atoms with E-state index >= 15 is 0 Å². The molecule has 0 unspecified atom stereocenters. The van der Waals surface area contributed by atoms with Gasteiger partial charge in [0.15, 0.2) is 0 Å². The van der Waals surface area contributed by atoms with E-state index in [4.69, 9.17) is 11.5 Å². The number of aliphatic carboxylic acids is 3. The van der Waals surface area contributed by atoms with Crippen molar-refractivity contribution in [3.63, 3.8) is 0 Å². The first-order valence-corrected chi connectivity index (χ1v) is 20.8. The third-order valence-electron chi connectivity index (χ3n) is 10.2. The van der Waals surface area contributed by atoms with E-state index in [2.05, 4.69) is 31.9 Å². The van der Waals surface area contributed by atoms with Gasteiger partial charge in [-0.05, 0) is 49.8 Å². The van der Waals surface area contributed by atoms with E-state index in [-0.39, 0.29) is 38.8 Å². The van der Waals surface area contributed by atoms with Gasteiger partial charge in [-0.25, -0.2) is 4.79 Å². The van der Waals surface area contributed by atoms with Crippen LogP contribution in [0.4, 0.5) is 0 Å². The van der Waals surface area contributed by atoms with Crippen LogP contribution in [0.5, 0.6) is 0 Å². The molecule has 1 heterocycles. The molecule has 23 nitrogen and oxygen atoms in total. The number of rotatable bonds is 27. The van der Waals surface area contributed by atoms with Crippen LogP contribution in [-0.4, -0.2) is 153 Å². The van der Waals surface area contributed by atoms with E-state index in [1.165, 1.54) is 0 Å². The van der Waals surface area contributed by atoms with Crippen LogP contribution in [0.2, 0.25) is 0 Å². The van der Waals surface area contributed by atoms with Crippen molar-refractivity contribution in [2.75, 3.05) is 26.2 Å². The van der Waals surface area contributed by atoms with Crippen molar-refractivity contribution in [1.82, 2.24) is 36.8 Å². The number of hydrogen-bond donors (Lipinski definition) is 12. The van der Waals surface area contributed by atoms with Crippen LogP contribution < -0.4 is 43.4 Å². The highest BCUT2D eigenvalue weighted by Gasteiger charge is 2.39. The van der Waals surface area contributed by atoms with E-state index < -0.39 is 128 Å². The Morgan fingerprint density at radius 1 is 0.631 bits per heavy atom. The number of carbonyl (C=O) groups is 10. The van der Waals surface area contributed by atoms with Gasteiger partial charge in [-0.15, -0.1) is 0 Å². The van der Waals surface area contributed by atoms with Gasteiger partial charge in [-0.1, -0.05) is 60.7 Å². The number of amides is 7. The van der Waals surface area contributed by atoms with Gasteiger partial charge in [0.2, 0.25) is 41.4 Å². The first kappa shape index (κ1) is 52.4. The van der Waals surface area contributed by atoms with Gasteiger partial charge in [-0.2, -0.15) is 0 Å². The summed E-state index contributed by atoms with van der Waals surface area (Å²) in [6.45, 7) is -1.30. The first-order valence-electron chi connectivity index (χ1n) is 20.8. The second-order valence-corrected chi connectivity index (χ2v) is 15.3. The number of nitrogens with one attached hydrogen (secondary N) is 6. The molecular weight excluding hydrogens is 855 g/mol. The summed E-state index contributed by atoms with van der Waals surface area (Å²) in [6, 6.07) is 6.32. The van der Waals surface area contributed by atoms with E-state index in [1.807, 2.05) is 0 Å². The number of nitrogens with two attached hydrogens (primary N) is 2. The number of unbranched alkanes of at least 4 members (excludes halogenated alkanes) is 1. The highest BCUT2D eigenvalue weighted by Crippen LogP contribution is 2.20. The largest absolute Gasteiger partial charge is 0.481 e. The monoisotopic (exact) mass is 911 g/mol. The van der Waals surface area contributed by atoms with Crippen LogP contribution >= 0.6 is 0 Å². The third kappa shape index (κ3) is 17.6. The minimum atomic E-state index is -1.72. The highest BCUT2D eigenvalue weighted by atomic mass is 16.4. The van der Waals surface area contributed by atoms with E-state index in [9.17, 15) is 68.4 Å². The molecule has 23 heteroatoms. The molecule has 0 aromatic heterocycles. The van der Waals surface area contributed by atoms with Gasteiger partial charge in [0.1, 0.15) is 42.3 Å². The summed E-state index contributed by atoms with van der Waals surface area (Å²) >= 11 is 0. The molecule has 1 aliphatic rings. The maximum atomic E-state index is 14.0. The lowest BCUT2D eigenvalue weighted by Gasteiger charge is -2.28. The van der Waals surface area contributed by atoms with E-state index in [0.29, 0.717) is 30.4 Å². The molecule has 14 N–H and O–H groups in total. The maximum Gasteiger partial charge on any atom is 0.326 e. The number of likely N-dealkylation sites (tertiary alicyclic amines) is 1. The molecule has 2 aromatic rings. The average Bonchev–Trinajstić information content (AvgIpc) is 3.77. The van der Waals surface area contributed by atoms with E-state index in [0.717, 1.165) is 4.90 Å². The number of carbonyl (C=O) groups excluding carboxylic acids is 7. The van der Waals surface area contributed by atoms with Crippen molar-refractivity contribution in [2.45, 2.75) is 100 Å². The SMILES string of the molecule is NCCCC[C@H](NC(=O)CNC(=O)[C@H](Cc1ccccc1)NC(=O)[C@H](CC(=O)O)NC(=O)[C@@H](N)CO)C(=O)N[C@@H](Cc1ccccc1)C(=O)N[C@@H](CC(=O)O)C(=O)N1CCC[C@H]1C(=O)O. The predicted octanol–water partition coefficient (Wildman–Crippen LogP) is -3.51. The fourth-order valence-electron chi connectivity index (χ4n) is 6.84. The molecule has 7 amide bonds. The molecule has 3 rings (SSSR count). The summed E-state index contributed by atoms with van der Waals surface area (Å²) in [5.41, 5.74) is 12.3. The lowest BCUT2D eigenvalue weighted by molar-refractivity contribution is -0.150. The molecule has 0 radical (unpaired) electrons. The molecule has 1 saturated heterocycles. The lowest BCUT2D eigenvalue weighted by Crippen LogP contribution is -2.59. The zero-order valence-corrected chi connectivity index (χ0v) is 35.5. The van der Waals surface area contributed by atoms with Gasteiger partial charge in [0, 0.05) is 19.4 Å². The Labute approximate surface area is 373 Å². The second kappa shape index (κ2) is 26.6. The molecule has 1 aliphatic heterocycles. The van der Waals surface area contributed by atoms with Crippen LogP contribution in [-0.2, 0) is 60.8 Å². The van der Waals surface area contributed by atoms with Crippen molar-refractivity contribution < 1.29 is 68.4 Å². The minimum absolute atomic E-state index is 0.00261. The Balaban J connectivity index is 1.81. The second-order valence-electron chi connectivity index (χ2n) is 15.3. The molecule has 2 aromatic carbocycles. The minimum Gasteiger partial charge on any atom is -0.481 e. The summed E-state index contributed by atoms with van der Waals surface area (Å²) < 4.78 is 0. The Bertz CT molecular complexity index is 1990. The Morgan fingerprint density at radius 2 is 1.12 bits per heavy atom. The predicted molar refractivity (Wildman–Crippen MR) is 228 cm³/mol. The fourth-order valence-corrected chi connectivity index (χ4v) is 6.84. The van der Waals surface area contributed by atoms with Crippen molar-refractivity contribution in [1.29, 1.82) is 0 Å². The van der Waals surface area contributed by atoms with Gasteiger partial charge in [0.25, 0.3) is 0 Å². The van der Waals surface area contributed by atoms with Crippen LogP contribution in [0.3, 0.4) is 0 Å². The highest BCUT2D eigenvalue weighted by molar-refractivity contribution is 5.98. The van der Waals surface area contributed by atoms with Gasteiger partial charge in [-0.3, -0.25) is 43.2 Å². The third-order valence-corrected chi connectivity index (χ3v) is 10.2. The molecule has 65 heavy (non-hydrogen) atoms. The summed E-state index contributed by atoms with van der Waals surface area (Å²) in [7, 11) is 0. The number of nitrogens with zero attached hydrogens (tertiary/aromatic N) is 1. The van der Waals surface area contributed by atoms with Crippen molar-refractivity contribution in [2.24, 2.45) is 11.5 Å². The van der Waals surface area contributed by atoms with Crippen LogP contribution in [0.15, 0.2) is 60.7 Å². The lowest BCUT2D eigenvalue weighted by atomic mass is 10.0. The average molecular weight is 912 g/mol. The van der Waals surface area contributed by atoms with Gasteiger partial charge < -0.3 is 68.7 Å². The van der Waals surface area contributed by atoms with Crippen molar-refractivity contribution >= 4 is 59.3 Å². The molecule has 0 saturated carbocycles. The summed E-state index contributed by atoms with van der Waals surface area (Å²) in [6.07, 6.45) is -0.911. The topological polar surface area (TPSA) is 379 Å². The number of hydrogen-bond acceptors (Lipinski definition) is 13. The molecule has 0 aliphatic carbocycles. The zero-order chi connectivity index (χ0) is 48.1. The molecule has 7 atom stereocenters. The number of carboxylic acids is 3. The van der Waals surface area contributed by atoms with Crippen LogP contribution in [0, 0.1) is 0 Å². The number of carboxylic acid groups (broad SMARTS) is 3. The van der Waals surface area contributed by atoms with E-state index in [1.54, 1.807) is 60.7 Å². The first-order chi connectivity index (χ1) is 30.9. The van der Waals surface area contributed by atoms with Crippen LogP contribution in [0.1, 0.15) is 56.1 Å². The van der Waals surface area contributed by atoms with Crippen molar-refractivity contribution in [3.05, 3.63) is 71.8 Å². The van der Waals surface area contributed by atoms with Gasteiger partial charge in [0.05, 0.1) is 26.0 Å². The standard InChI is InChI=1S/C42H57N9O14/c43-16-8-7-14-27(38(60)49-29(19-25-12-5-2-6-13-25)39(61)50-31(21-35(56)57)41(63)51-17-9-15-32(51)42(64)65)46-33(53)22-45-37(59)28(18-24-10-3-1-4-11-24)48-40(62)30(20-34(54)55)47-36(58)26(44)23-52/h1-6,10-13,26-32,52H,7-9,14-23,43-44H2,(H,45,59)(H,46,53)(H,47,58)(H,48,62)(H,49,60)(H,50,61)(H,54,55)(H,56,57)(H,64,65)/t26-,27-,28-,29-,30-,31-,32-/m0/s1. The number of aliphatic hydroxyl groups excluding tert-OH is 1. The molecule has 0 spiro atoms. The normalized spacial score (nSPS) is 16.0. The molecule has 1 fully saturated rings. The Hall–Kier alpha value is -6.98. The van der Waals surface area contributed by atoms with Crippen LogP contribution in [0.25, 0.3) is 0 Å². The van der Waals surface area contributed by atoms with Gasteiger partial charge >= 0.3 is 17.9 Å². The number of aliphatic hydroxyl groups is 1. The molecule has 354 valence electrons. The Kier molecular flexibility index (Phi) is 21.4. The smallest absolute Gasteiger partial charge is 0.326 e. The molecular formula is C42H57N9O14. The summed E-state index contributed by atoms with van der Waals surface area (Å²) in [5.74, 6) is -10.9. The zero-order valence-electron chi connectivity index (χ0n) is 35.5. The van der Waals surface area contributed by atoms with Crippen molar-refractivity contribution in [3.8, 4) is 0 Å². The Morgan fingerprint density at radius 3 is 1.65 bits per heavy atom. The maximum absolute atomic E-state index is 14.0. The summed E-state index contributed by atoms with van der Waals surface area (Å²) in [5, 5.41) is 52.2. The summed E-state index contributed by atoms with van der Waals surface area (Å²) in [4.78, 5) is 130. The quantitative estimate of drug-likeness (QED) is 0.0387.